The molecule has 3 rings (SSSR count). The van der Waals surface area contributed by atoms with Crippen molar-refractivity contribution in [3.8, 4) is 11.5 Å². The summed E-state index contributed by atoms with van der Waals surface area (Å²) in [5.41, 5.74) is 2.14. The first-order valence-corrected chi connectivity index (χ1v) is 9.48. The Hall–Kier alpha value is -3.48. The fourth-order valence-electron chi connectivity index (χ4n) is 2.96. The van der Waals surface area contributed by atoms with Crippen LogP contribution in [0.3, 0.4) is 0 Å². The maximum absolute atomic E-state index is 12.4. The number of nitrogens with one attached hydrogen (secondary N) is 2. The Morgan fingerprint density at radius 3 is 2.59 bits per heavy atom. The molecule has 1 heterocycles. The van der Waals surface area contributed by atoms with Crippen molar-refractivity contribution in [2.24, 2.45) is 0 Å². The lowest BCUT2D eigenvalue weighted by Gasteiger charge is -2.14. The van der Waals surface area contributed by atoms with Gasteiger partial charge in [-0.1, -0.05) is 0 Å². The molecule has 7 heteroatoms. The number of fused-ring (bicyclic) bond motifs is 1. The number of benzene rings is 2. The second-order valence-corrected chi connectivity index (χ2v) is 6.39. The van der Waals surface area contributed by atoms with Crippen LogP contribution in [0.2, 0.25) is 0 Å². The van der Waals surface area contributed by atoms with E-state index in [1.54, 1.807) is 24.3 Å². The minimum Gasteiger partial charge on any atom is -0.494 e. The predicted molar refractivity (Wildman–Crippen MR) is 113 cm³/mol. The smallest absolute Gasteiger partial charge is 0.336 e. The highest BCUT2D eigenvalue weighted by Crippen LogP contribution is 2.29. The molecule has 0 spiro atoms. The minimum atomic E-state index is -0.400. The van der Waals surface area contributed by atoms with Crippen LogP contribution in [0.1, 0.15) is 19.4 Å². The topological polar surface area (TPSA) is 89.8 Å². The number of amides is 1. The van der Waals surface area contributed by atoms with Crippen LogP contribution in [-0.4, -0.2) is 25.7 Å². The fourth-order valence-corrected chi connectivity index (χ4v) is 2.96. The maximum Gasteiger partial charge on any atom is 0.336 e. The van der Waals surface area contributed by atoms with Gasteiger partial charge in [0, 0.05) is 29.3 Å². The van der Waals surface area contributed by atoms with Gasteiger partial charge in [0.25, 0.3) is 0 Å². The summed E-state index contributed by atoms with van der Waals surface area (Å²) in [7, 11) is 0. The molecule has 0 saturated carbocycles. The molecule has 29 heavy (non-hydrogen) atoms. The molecule has 3 aromatic rings. The monoisotopic (exact) mass is 396 g/mol. The lowest BCUT2D eigenvalue weighted by molar-refractivity contribution is -0.114. The average molecular weight is 396 g/mol. The zero-order chi connectivity index (χ0) is 20.8. The van der Waals surface area contributed by atoms with E-state index >= 15 is 0 Å². The predicted octanol–water partition coefficient (Wildman–Crippen LogP) is 3.95. The van der Waals surface area contributed by atoms with Crippen LogP contribution in [0.5, 0.6) is 11.5 Å². The summed E-state index contributed by atoms with van der Waals surface area (Å²) in [6.45, 7) is 6.67. The van der Waals surface area contributed by atoms with E-state index in [2.05, 4.69) is 10.6 Å². The van der Waals surface area contributed by atoms with Gasteiger partial charge in [-0.25, -0.2) is 4.79 Å². The Balaban J connectivity index is 1.70. The number of hydrogen-bond acceptors (Lipinski definition) is 6. The average Bonchev–Trinajstić information content (AvgIpc) is 2.68. The van der Waals surface area contributed by atoms with Gasteiger partial charge in [0.05, 0.1) is 25.4 Å². The zero-order valence-corrected chi connectivity index (χ0v) is 16.7. The summed E-state index contributed by atoms with van der Waals surface area (Å²) in [4.78, 5) is 24.0. The second kappa shape index (κ2) is 9.14. The van der Waals surface area contributed by atoms with Crippen molar-refractivity contribution in [3.63, 3.8) is 0 Å². The lowest BCUT2D eigenvalue weighted by Crippen LogP contribution is -2.22. The molecule has 0 radical (unpaired) electrons. The van der Waals surface area contributed by atoms with Gasteiger partial charge in [-0.15, -0.1) is 0 Å². The van der Waals surface area contributed by atoms with Crippen LogP contribution in [-0.2, 0) is 4.79 Å². The SMILES string of the molecule is CCOc1ccc(OCC)c(NC(=O)CNc2ccc3c(C)cc(=O)oc3c2)c1. The molecule has 0 aliphatic heterocycles. The van der Waals surface area contributed by atoms with Crippen LogP contribution < -0.4 is 25.7 Å². The molecule has 0 saturated heterocycles. The zero-order valence-electron chi connectivity index (χ0n) is 16.7. The van der Waals surface area contributed by atoms with Crippen LogP contribution in [0.25, 0.3) is 11.0 Å². The van der Waals surface area contributed by atoms with Gasteiger partial charge in [-0.2, -0.15) is 0 Å². The normalized spacial score (nSPS) is 10.6. The fraction of sp³-hybridized carbons (Fsp3) is 0.273. The van der Waals surface area contributed by atoms with E-state index < -0.39 is 5.63 Å². The van der Waals surface area contributed by atoms with E-state index in [1.807, 2.05) is 32.9 Å². The number of ether oxygens (including phenoxy) is 2. The second-order valence-electron chi connectivity index (χ2n) is 6.39. The Labute approximate surface area is 168 Å². The molecule has 0 aliphatic rings. The molecule has 0 atom stereocenters. The van der Waals surface area contributed by atoms with E-state index in [4.69, 9.17) is 13.9 Å². The van der Waals surface area contributed by atoms with Crippen molar-refractivity contribution < 1.29 is 18.7 Å². The molecule has 0 unspecified atom stereocenters. The van der Waals surface area contributed by atoms with Crippen molar-refractivity contribution in [1.29, 1.82) is 0 Å². The van der Waals surface area contributed by atoms with Gasteiger partial charge >= 0.3 is 5.63 Å². The molecule has 2 aromatic carbocycles. The molecule has 1 aromatic heterocycles. The van der Waals surface area contributed by atoms with Gasteiger partial charge in [0.1, 0.15) is 17.1 Å². The summed E-state index contributed by atoms with van der Waals surface area (Å²) < 4.78 is 16.3. The van der Waals surface area contributed by atoms with E-state index in [0.717, 1.165) is 10.9 Å². The number of rotatable bonds is 8. The Morgan fingerprint density at radius 1 is 1.03 bits per heavy atom. The number of hydrogen-bond donors (Lipinski definition) is 2. The van der Waals surface area contributed by atoms with Gasteiger partial charge in [0.2, 0.25) is 5.91 Å². The molecule has 7 nitrogen and oxygen atoms in total. The highest BCUT2D eigenvalue weighted by atomic mass is 16.5. The highest BCUT2D eigenvalue weighted by molar-refractivity contribution is 5.95. The third-order valence-electron chi connectivity index (χ3n) is 4.24. The van der Waals surface area contributed by atoms with Gasteiger partial charge in [-0.3, -0.25) is 4.79 Å². The third kappa shape index (κ3) is 5.07. The maximum atomic E-state index is 12.4. The summed E-state index contributed by atoms with van der Waals surface area (Å²) in [5, 5.41) is 6.74. The molecule has 0 bridgehead atoms. The largest absolute Gasteiger partial charge is 0.494 e. The first-order valence-electron chi connectivity index (χ1n) is 9.48. The Bertz CT molecular complexity index is 1070. The molecule has 152 valence electrons. The van der Waals surface area contributed by atoms with Gasteiger partial charge in [-0.05, 0) is 50.6 Å². The van der Waals surface area contributed by atoms with Crippen molar-refractivity contribution >= 4 is 28.3 Å². The quantitative estimate of drug-likeness (QED) is 0.561. The molecule has 0 aliphatic carbocycles. The summed E-state index contributed by atoms with van der Waals surface area (Å²) in [5.74, 6) is 0.983. The van der Waals surface area contributed by atoms with Crippen LogP contribution in [0.15, 0.2) is 51.7 Å². The molecule has 1 amide bonds. The van der Waals surface area contributed by atoms with Crippen molar-refractivity contribution in [2.45, 2.75) is 20.8 Å². The number of aryl methyl sites for hydroxylation is 1. The Morgan fingerprint density at radius 2 is 1.83 bits per heavy atom. The van der Waals surface area contributed by atoms with Gasteiger partial charge < -0.3 is 24.5 Å². The van der Waals surface area contributed by atoms with E-state index in [-0.39, 0.29) is 12.5 Å². The summed E-state index contributed by atoms with van der Waals surface area (Å²) in [6, 6.07) is 12.2. The minimum absolute atomic E-state index is 0.0337. The molecular formula is C22H24N2O5. The first kappa shape index (κ1) is 20.3. The first-order chi connectivity index (χ1) is 14.0. The van der Waals surface area contributed by atoms with E-state index in [9.17, 15) is 9.59 Å². The van der Waals surface area contributed by atoms with Crippen molar-refractivity contribution in [2.75, 3.05) is 30.4 Å². The highest BCUT2D eigenvalue weighted by Gasteiger charge is 2.10. The molecular weight excluding hydrogens is 372 g/mol. The van der Waals surface area contributed by atoms with Crippen molar-refractivity contribution in [1.82, 2.24) is 0 Å². The Kier molecular flexibility index (Phi) is 6.39. The molecule has 0 fully saturated rings. The molecule has 2 N–H and O–H groups in total. The van der Waals surface area contributed by atoms with E-state index in [1.165, 1.54) is 6.07 Å². The summed E-state index contributed by atoms with van der Waals surface area (Å²) in [6.07, 6.45) is 0. The van der Waals surface area contributed by atoms with Gasteiger partial charge in [0.15, 0.2) is 0 Å². The van der Waals surface area contributed by atoms with Crippen molar-refractivity contribution in [3.05, 3.63) is 58.4 Å². The number of carbonyl (C=O) groups is 1. The van der Waals surface area contributed by atoms with E-state index in [0.29, 0.717) is 41.7 Å². The number of carbonyl (C=O) groups excluding carboxylic acids is 1. The van der Waals surface area contributed by atoms with Crippen LogP contribution in [0, 0.1) is 6.92 Å². The lowest BCUT2D eigenvalue weighted by atomic mass is 10.1. The number of anilines is 2. The standard InChI is InChI=1S/C22H24N2O5/c1-4-27-16-7-9-19(28-5-2)18(12-16)24-21(25)13-23-15-6-8-17-14(3)10-22(26)29-20(17)11-15/h6-12,23H,4-5,13H2,1-3H3,(H,24,25). The third-order valence-corrected chi connectivity index (χ3v) is 4.24. The van der Waals surface area contributed by atoms with Crippen LogP contribution >= 0.6 is 0 Å². The summed E-state index contributed by atoms with van der Waals surface area (Å²) >= 11 is 0. The van der Waals surface area contributed by atoms with Crippen LogP contribution in [0.4, 0.5) is 11.4 Å².